The van der Waals surface area contributed by atoms with Crippen LogP contribution in [0.1, 0.15) is 53.4 Å². The second kappa shape index (κ2) is 3.37. The van der Waals surface area contributed by atoms with E-state index >= 15 is 0 Å². The molecule has 12 heavy (non-hydrogen) atoms. The van der Waals surface area contributed by atoms with Crippen molar-refractivity contribution in [2.45, 2.75) is 58.9 Å². The van der Waals surface area contributed by atoms with Gasteiger partial charge in [0.25, 0.3) is 0 Å². The summed E-state index contributed by atoms with van der Waals surface area (Å²) in [6, 6.07) is 0. The maximum atomic E-state index is 3.63. The molecular weight excluding hydrogens is 146 g/mol. The molecule has 0 bridgehead atoms. The Hall–Kier alpha value is -0.0400. The van der Waals surface area contributed by atoms with Gasteiger partial charge in [0.15, 0.2) is 0 Å². The van der Waals surface area contributed by atoms with Gasteiger partial charge in [-0.1, -0.05) is 20.3 Å². The Morgan fingerprint density at radius 2 is 1.92 bits per heavy atom. The van der Waals surface area contributed by atoms with Crippen molar-refractivity contribution >= 4 is 0 Å². The van der Waals surface area contributed by atoms with Gasteiger partial charge in [-0.15, -0.1) is 0 Å². The van der Waals surface area contributed by atoms with Gasteiger partial charge in [-0.05, 0) is 45.1 Å². The van der Waals surface area contributed by atoms with Crippen LogP contribution in [0.2, 0.25) is 0 Å². The summed E-state index contributed by atoms with van der Waals surface area (Å²) in [5.41, 5.74) is 0.848. The summed E-state index contributed by atoms with van der Waals surface area (Å²) >= 11 is 0. The molecule has 0 amide bonds. The van der Waals surface area contributed by atoms with Crippen molar-refractivity contribution in [3.05, 3.63) is 0 Å². The molecule has 0 radical (unpaired) electrons. The van der Waals surface area contributed by atoms with Crippen molar-refractivity contribution in [2.24, 2.45) is 5.41 Å². The zero-order valence-corrected chi connectivity index (χ0v) is 9.04. The highest BCUT2D eigenvalue weighted by molar-refractivity contribution is 4.98. The molecule has 1 aliphatic rings. The third-order valence-electron chi connectivity index (χ3n) is 3.78. The van der Waals surface area contributed by atoms with Crippen LogP contribution >= 0.6 is 0 Å². The topological polar surface area (TPSA) is 12.0 Å². The second-order valence-corrected chi connectivity index (χ2v) is 4.97. The number of nitrogens with one attached hydrogen (secondary N) is 1. The first-order valence-electron chi connectivity index (χ1n) is 5.27. The fourth-order valence-electron chi connectivity index (χ4n) is 2.39. The van der Waals surface area contributed by atoms with Crippen LogP contribution in [0, 0.1) is 5.41 Å². The number of hydrogen-bond acceptors (Lipinski definition) is 1. The Morgan fingerprint density at radius 3 is 2.42 bits per heavy atom. The predicted octanol–water partition coefficient (Wildman–Crippen LogP) is 2.95. The van der Waals surface area contributed by atoms with Crippen molar-refractivity contribution in [2.75, 3.05) is 6.54 Å². The van der Waals surface area contributed by atoms with E-state index in [-0.39, 0.29) is 0 Å². The van der Waals surface area contributed by atoms with Gasteiger partial charge in [0.1, 0.15) is 0 Å². The Bertz CT molecular complexity index is 147. The Kier molecular flexibility index (Phi) is 2.82. The molecule has 0 aromatic rings. The first kappa shape index (κ1) is 10.0. The first-order valence-corrected chi connectivity index (χ1v) is 5.27. The van der Waals surface area contributed by atoms with Crippen LogP contribution in [0.15, 0.2) is 0 Å². The van der Waals surface area contributed by atoms with E-state index in [9.17, 15) is 0 Å². The maximum Gasteiger partial charge on any atom is 0.0178 e. The molecule has 1 unspecified atom stereocenters. The van der Waals surface area contributed by atoms with Gasteiger partial charge in [-0.3, -0.25) is 0 Å². The van der Waals surface area contributed by atoms with E-state index in [2.05, 4.69) is 33.0 Å². The zero-order chi connectivity index (χ0) is 9.24. The molecule has 1 nitrogen and oxygen atoms in total. The number of piperidine rings is 1. The van der Waals surface area contributed by atoms with E-state index in [1.807, 2.05) is 0 Å². The fourth-order valence-corrected chi connectivity index (χ4v) is 2.39. The Morgan fingerprint density at radius 1 is 1.25 bits per heavy atom. The van der Waals surface area contributed by atoms with Gasteiger partial charge < -0.3 is 5.32 Å². The number of hydrogen-bond donors (Lipinski definition) is 1. The lowest BCUT2D eigenvalue weighted by Crippen LogP contribution is -2.56. The van der Waals surface area contributed by atoms with Crippen LogP contribution in [0.25, 0.3) is 0 Å². The van der Waals surface area contributed by atoms with E-state index in [4.69, 9.17) is 0 Å². The van der Waals surface area contributed by atoms with Crippen LogP contribution in [0.5, 0.6) is 0 Å². The second-order valence-electron chi connectivity index (χ2n) is 4.97. The van der Waals surface area contributed by atoms with Crippen LogP contribution in [-0.4, -0.2) is 12.1 Å². The first-order chi connectivity index (χ1) is 5.52. The van der Waals surface area contributed by atoms with E-state index in [0.717, 1.165) is 0 Å². The minimum Gasteiger partial charge on any atom is -0.311 e. The molecule has 0 aromatic carbocycles. The fraction of sp³-hybridized carbons (Fsp3) is 1.00. The highest BCUT2D eigenvalue weighted by Crippen LogP contribution is 2.42. The van der Waals surface area contributed by atoms with E-state index in [1.165, 1.54) is 32.2 Å². The lowest BCUT2D eigenvalue weighted by molar-refractivity contribution is 0.0747. The molecular formula is C11H23N. The quantitative estimate of drug-likeness (QED) is 0.670. The summed E-state index contributed by atoms with van der Waals surface area (Å²) in [5, 5.41) is 3.63. The van der Waals surface area contributed by atoms with Gasteiger partial charge in [-0.25, -0.2) is 0 Å². The van der Waals surface area contributed by atoms with Gasteiger partial charge >= 0.3 is 0 Å². The SMILES string of the molecule is CCCC1(C)CCCNC1(C)C. The molecule has 0 aliphatic carbocycles. The van der Waals surface area contributed by atoms with Gasteiger partial charge in [0.2, 0.25) is 0 Å². The average Bonchev–Trinajstić information content (AvgIpc) is 1.96. The van der Waals surface area contributed by atoms with Crippen molar-refractivity contribution < 1.29 is 0 Å². The summed E-state index contributed by atoms with van der Waals surface area (Å²) in [4.78, 5) is 0. The lowest BCUT2D eigenvalue weighted by Gasteiger charge is -2.49. The molecule has 1 atom stereocenters. The summed E-state index contributed by atoms with van der Waals surface area (Å²) < 4.78 is 0. The van der Waals surface area contributed by atoms with E-state index < -0.39 is 0 Å². The molecule has 1 aliphatic heterocycles. The van der Waals surface area contributed by atoms with Crippen molar-refractivity contribution in [1.82, 2.24) is 5.32 Å². The zero-order valence-electron chi connectivity index (χ0n) is 9.04. The van der Waals surface area contributed by atoms with Crippen LogP contribution in [0.3, 0.4) is 0 Å². The van der Waals surface area contributed by atoms with Gasteiger partial charge in [0, 0.05) is 5.54 Å². The molecule has 1 N–H and O–H groups in total. The third-order valence-corrected chi connectivity index (χ3v) is 3.78. The minimum absolute atomic E-state index is 0.335. The number of rotatable bonds is 2. The van der Waals surface area contributed by atoms with Gasteiger partial charge in [-0.2, -0.15) is 0 Å². The third kappa shape index (κ3) is 1.66. The van der Waals surface area contributed by atoms with Crippen LogP contribution in [0.4, 0.5) is 0 Å². The average molecular weight is 169 g/mol. The standard InChI is InChI=1S/C11H23N/c1-5-7-11(4)8-6-9-12-10(11,2)3/h12H,5-9H2,1-4H3. The van der Waals surface area contributed by atoms with E-state index in [0.29, 0.717) is 11.0 Å². The molecule has 1 saturated heterocycles. The van der Waals surface area contributed by atoms with Crippen molar-refractivity contribution in [1.29, 1.82) is 0 Å². The summed E-state index contributed by atoms with van der Waals surface area (Å²) in [5.74, 6) is 0. The Balaban J connectivity index is 2.69. The molecule has 1 heteroatoms. The molecule has 72 valence electrons. The molecule has 1 fully saturated rings. The van der Waals surface area contributed by atoms with Crippen LogP contribution in [-0.2, 0) is 0 Å². The largest absolute Gasteiger partial charge is 0.311 e. The molecule has 0 spiro atoms. The van der Waals surface area contributed by atoms with E-state index in [1.54, 1.807) is 0 Å². The lowest BCUT2D eigenvalue weighted by atomic mass is 9.65. The normalized spacial score (nSPS) is 35.0. The summed E-state index contributed by atoms with van der Waals surface area (Å²) in [6.07, 6.45) is 5.40. The highest BCUT2D eigenvalue weighted by Gasteiger charge is 2.41. The Labute approximate surface area is 76.9 Å². The molecule has 0 aromatic heterocycles. The molecule has 1 rings (SSSR count). The van der Waals surface area contributed by atoms with Crippen LogP contribution < -0.4 is 5.32 Å². The maximum absolute atomic E-state index is 3.63. The van der Waals surface area contributed by atoms with Crippen molar-refractivity contribution in [3.63, 3.8) is 0 Å². The smallest absolute Gasteiger partial charge is 0.0178 e. The minimum atomic E-state index is 0.335. The highest BCUT2D eigenvalue weighted by atomic mass is 15.0. The summed E-state index contributed by atoms with van der Waals surface area (Å²) in [6.45, 7) is 10.6. The molecule has 1 heterocycles. The molecule has 0 saturated carbocycles. The van der Waals surface area contributed by atoms with Gasteiger partial charge in [0.05, 0.1) is 0 Å². The predicted molar refractivity (Wildman–Crippen MR) is 54.3 cm³/mol. The van der Waals surface area contributed by atoms with Crippen molar-refractivity contribution in [3.8, 4) is 0 Å². The summed E-state index contributed by atoms with van der Waals surface area (Å²) in [7, 11) is 0. The monoisotopic (exact) mass is 169 g/mol.